The van der Waals surface area contributed by atoms with Gasteiger partial charge in [0, 0.05) is 6.54 Å². The lowest BCUT2D eigenvalue weighted by Crippen LogP contribution is -2.39. The maximum atomic E-state index is 12.4. The zero-order chi connectivity index (χ0) is 16.9. The van der Waals surface area contributed by atoms with Gasteiger partial charge in [-0.25, -0.2) is 0 Å². The van der Waals surface area contributed by atoms with Crippen LogP contribution in [0.25, 0.3) is 0 Å². The molecule has 0 aromatic heterocycles. The van der Waals surface area contributed by atoms with E-state index in [1.54, 1.807) is 18.2 Å². The molecule has 0 amide bonds. The predicted octanol–water partition coefficient (Wildman–Crippen LogP) is 2.73. The molecule has 1 atom stereocenters. The van der Waals surface area contributed by atoms with Gasteiger partial charge in [0.2, 0.25) is 0 Å². The molecular weight excluding hydrogens is 315 g/mol. The Labute approximate surface area is 131 Å². The summed E-state index contributed by atoms with van der Waals surface area (Å²) >= 11 is 0. The highest BCUT2D eigenvalue weighted by Crippen LogP contribution is 2.30. The van der Waals surface area contributed by atoms with Gasteiger partial charge in [0.05, 0.1) is 19.6 Å². The Bertz CT molecular complexity index is 548. The first-order valence-electron chi connectivity index (χ1n) is 7.26. The zero-order valence-corrected chi connectivity index (χ0v) is 12.4. The summed E-state index contributed by atoms with van der Waals surface area (Å²) in [6.45, 7) is 1.11. The van der Waals surface area contributed by atoms with Gasteiger partial charge in [-0.2, -0.15) is 13.2 Å². The highest BCUT2D eigenvalue weighted by molar-refractivity contribution is 5.73. The van der Waals surface area contributed by atoms with Crippen molar-refractivity contribution < 1.29 is 32.5 Å². The van der Waals surface area contributed by atoms with E-state index < -0.39 is 24.6 Å². The first-order valence-corrected chi connectivity index (χ1v) is 7.26. The van der Waals surface area contributed by atoms with Crippen LogP contribution in [0.1, 0.15) is 24.8 Å². The van der Waals surface area contributed by atoms with Crippen LogP contribution in [-0.2, 0) is 11.3 Å². The lowest BCUT2D eigenvalue weighted by atomic mass is 10.1. The molecule has 0 bridgehead atoms. The quantitative estimate of drug-likeness (QED) is 0.867. The number of alkyl halides is 3. The van der Waals surface area contributed by atoms with E-state index in [2.05, 4.69) is 5.32 Å². The molecule has 0 saturated heterocycles. The van der Waals surface area contributed by atoms with Crippen molar-refractivity contribution in [1.29, 1.82) is 0 Å². The minimum absolute atomic E-state index is 0.0102. The number of aliphatic carboxylic acids is 1. The fourth-order valence-electron chi connectivity index (χ4n) is 2.18. The van der Waals surface area contributed by atoms with Crippen molar-refractivity contribution in [2.45, 2.75) is 38.0 Å². The van der Waals surface area contributed by atoms with Crippen LogP contribution in [0.4, 0.5) is 13.2 Å². The van der Waals surface area contributed by atoms with Gasteiger partial charge in [0.25, 0.3) is 0 Å². The molecule has 128 valence electrons. The minimum Gasteiger partial charge on any atom is -0.490 e. The standard InChI is InChI=1S/C15H18F3NO4/c16-15(17,18)8-11(14(20)21)19-9-10-3-4-12-13(7-10)23-6-2-1-5-22-12/h3-4,7,11,19H,1-2,5-6,8-9H2,(H,20,21). The summed E-state index contributed by atoms with van der Waals surface area (Å²) in [4.78, 5) is 10.9. The molecular formula is C15H18F3NO4. The first kappa shape index (κ1) is 17.4. The maximum absolute atomic E-state index is 12.4. The average molecular weight is 333 g/mol. The van der Waals surface area contributed by atoms with Crippen molar-refractivity contribution in [3.05, 3.63) is 23.8 Å². The Morgan fingerprint density at radius 3 is 2.48 bits per heavy atom. The molecule has 1 heterocycles. The number of rotatable bonds is 5. The number of hydrogen-bond donors (Lipinski definition) is 2. The topological polar surface area (TPSA) is 67.8 Å². The van der Waals surface area contributed by atoms with E-state index in [0.29, 0.717) is 30.3 Å². The Balaban J connectivity index is 2.01. The van der Waals surface area contributed by atoms with Crippen LogP contribution in [0.2, 0.25) is 0 Å². The number of carboxylic acid groups (broad SMARTS) is 1. The van der Waals surface area contributed by atoms with Crippen LogP contribution in [0.15, 0.2) is 18.2 Å². The van der Waals surface area contributed by atoms with E-state index in [1.807, 2.05) is 0 Å². The summed E-state index contributed by atoms with van der Waals surface area (Å²) < 4.78 is 48.2. The summed E-state index contributed by atoms with van der Waals surface area (Å²) in [5, 5.41) is 11.3. The van der Waals surface area contributed by atoms with Crippen molar-refractivity contribution >= 4 is 5.97 Å². The smallest absolute Gasteiger partial charge is 0.391 e. The third kappa shape index (κ3) is 5.63. The number of ether oxygens (including phenoxy) is 2. The van der Waals surface area contributed by atoms with E-state index in [9.17, 15) is 18.0 Å². The molecule has 1 aromatic carbocycles. The second-order valence-corrected chi connectivity index (χ2v) is 5.28. The fraction of sp³-hybridized carbons (Fsp3) is 0.533. The van der Waals surface area contributed by atoms with E-state index >= 15 is 0 Å². The zero-order valence-electron chi connectivity index (χ0n) is 12.4. The van der Waals surface area contributed by atoms with E-state index in [4.69, 9.17) is 14.6 Å². The molecule has 2 N–H and O–H groups in total. The second kappa shape index (κ2) is 7.54. The lowest BCUT2D eigenvalue weighted by Gasteiger charge is -2.19. The first-order chi connectivity index (χ1) is 10.8. The van der Waals surface area contributed by atoms with Crippen LogP contribution >= 0.6 is 0 Å². The monoisotopic (exact) mass is 333 g/mol. The third-order valence-corrected chi connectivity index (χ3v) is 3.35. The van der Waals surface area contributed by atoms with Gasteiger partial charge in [0.15, 0.2) is 11.5 Å². The van der Waals surface area contributed by atoms with Crippen LogP contribution in [-0.4, -0.2) is 36.5 Å². The van der Waals surface area contributed by atoms with E-state index in [-0.39, 0.29) is 6.54 Å². The van der Waals surface area contributed by atoms with Crippen LogP contribution in [0.5, 0.6) is 11.5 Å². The predicted molar refractivity (Wildman–Crippen MR) is 75.6 cm³/mol. The molecule has 0 saturated carbocycles. The fourth-order valence-corrected chi connectivity index (χ4v) is 2.18. The van der Waals surface area contributed by atoms with Crippen molar-refractivity contribution in [1.82, 2.24) is 5.32 Å². The Hall–Kier alpha value is -1.96. The number of hydrogen-bond acceptors (Lipinski definition) is 4. The van der Waals surface area contributed by atoms with Crippen molar-refractivity contribution in [2.24, 2.45) is 0 Å². The van der Waals surface area contributed by atoms with Crippen LogP contribution in [0, 0.1) is 0 Å². The highest BCUT2D eigenvalue weighted by Gasteiger charge is 2.35. The molecule has 8 heteroatoms. The molecule has 1 aromatic rings. The molecule has 23 heavy (non-hydrogen) atoms. The summed E-state index contributed by atoms with van der Waals surface area (Å²) in [7, 11) is 0. The van der Waals surface area contributed by atoms with Gasteiger partial charge in [-0.05, 0) is 30.5 Å². The Kier molecular flexibility index (Phi) is 5.70. The van der Waals surface area contributed by atoms with Gasteiger partial charge in [0.1, 0.15) is 6.04 Å². The minimum atomic E-state index is -4.54. The summed E-state index contributed by atoms with van der Waals surface area (Å²) in [6.07, 6.45) is -4.22. The SMILES string of the molecule is O=C(O)C(CC(F)(F)F)NCc1ccc2c(c1)OCCCCO2. The van der Waals surface area contributed by atoms with Gasteiger partial charge in [-0.3, -0.25) is 4.79 Å². The van der Waals surface area contributed by atoms with E-state index in [1.165, 1.54) is 0 Å². The highest BCUT2D eigenvalue weighted by atomic mass is 19.4. The normalized spacial score (nSPS) is 16.3. The number of carbonyl (C=O) groups is 1. The molecule has 5 nitrogen and oxygen atoms in total. The van der Waals surface area contributed by atoms with Crippen LogP contribution < -0.4 is 14.8 Å². The van der Waals surface area contributed by atoms with E-state index in [0.717, 1.165) is 12.8 Å². The van der Waals surface area contributed by atoms with Gasteiger partial charge >= 0.3 is 12.1 Å². The van der Waals surface area contributed by atoms with Gasteiger partial charge in [-0.1, -0.05) is 6.07 Å². The lowest BCUT2D eigenvalue weighted by molar-refractivity contribution is -0.158. The van der Waals surface area contributed by atoms with Crippen molar-refractivity contribution in [3.63, 3.8) is 0 Å². The Morgan fingerprint density at radius 2 is 1.87 bits per heavy atom. The summed E-state index contributed by atoms with van der Waals surface area (Å²) in [5.74, 6) is -0.432. The number of carboxylic acids is 1. The van der Waals surface area contributed by atoms with Crippen molar-refractivity contribution in [3.8, 4) is 11.5 Å². The third-order valence-electron chi connectivity index (χ3n) is 3.35. The van der Waals surface area contributed by atoms with Crippen molar-refractivity contribution in [2.75, 3.05) is 13.2 Å². The molecule has 2 rings (SSSR count). The summed E-state index contributed by atoms with van der Waals surface area (Å²) in [5.41, 5.74) is 0.626. The number of nitrogens with one attached hydrogen (secondary N) is 1. The molecule has 1 unspecified atom stereocenters. The van der Waals surface area contributed by atoms with Gasteiger partial charge in [-0.15, -0.1) is 0 Å². The molecule has 0 fully saturated rings. The second-order valence-electron chi connectivity index (χ2n) is 5.28. The molecule has 0 spiro atoms. The largest absolute Gasteiger partial charge is 0.490 e. The summed E-state index contributed by atoms with van der Waals surface area (Å²) in [6, 6.07) is 3.31. The molecule has 0 radical (unpaired) electrons. The molecule has 1 aliphatic heterocycles. The number of halogens is 3. The molecule has 0 aliphatic carbocycles. The average Bonchev–Trinajstić information content (AvgIpc) is 2.43. The molecule has 1 aliphatic rings. The van der Waals surface area contributed by atoms with Crippen LogP contribution in [0.3, 0.4) is 0 Å². The maximum Gasteiger partial charge on any atom is 0.391 e. The number of fused-ring (bicyclic) bond motifs is 1. The number of benzene rings is 1. The Morgan fingerprint density at radius 1 is 1.22 bits per heavy atom. The van der Waals surface area contributed by atoms with Gasteiger partial charge < -0.3 is 19.9 Å².